The second kappa shape index (κ2) is 7.13. The van der Waals surface area contributed by atoms with Crippen LogP contribution in [-0.2, 0) is 4.79 Å². The first-order chi connectivity index (χ1) is 8.79. The summed E-state index contributed by atoms with van der Waals surface area (Å²) in [6.45, 7) is 5.06. The number of amides is 1. The predicted molar refractivity (Wildman–Crippen MR) is 74.5 cm³/mol. The average molecular weight is 252 g/mol. The molecule has 0 radical (unpaired) electrons. The first kappa shape index (κ1) is 13.9. The zero-order valence-electron chi connectivity index (χ0n) is 11.8. The lowest BCUT2D eigenvalue weighted by Crippen LogP contribution is -2.48. The van der Waals surface area contributed by atoms with Crippen LogP contribution in [0.15, 0.2) is 0 Å². The smallest absolute Gasteiger partial charge is 0.222 e. The second-order valence-electron chi connectivity index (χ2n) is 5.94. The third-order valence-corrected chi connectivity index (χ3v) is 4.45. The molecule has 0 aromatic carbocycles. The minimum atomic E-state index is 0.407. The molecule has 2 rings (SSSR count). The Labute approximate surface area is 111 Å². The number of rotatable bonds is 4. The molecule has 1 amide bonds. The van der Waals surface area contributed by atoms with Gasteiger partial charge in [0.1, 0.15) is 0 Å². The Morgan fingerprint density at radius 1 is 1.17 bits per heavy atom. The highest BCUT2D eigenvalue weighted by Crippen LogP contribution is 2.27. The van der Waals surface area contributed by atoms with Gasteiger partial charge in [-0.1, -0.05) is 26.2 Å². The number of nitrogens with zero attached hydrogens (tertiary/aromatic N) is 1. The van der Waals surface area contributed by atoms with E-state index in [1.54, 1.807) is 0 Å². The van der Waals surface area contributed by atoms with Crippen LogP contribution in [0.5, 0.6) is 0 Å². The maximum absolute atomic E-state index is 12.3. The van der Waals surface area contributed by atoms with Gasteiger partial charge in [0.15, 0.2) is 0 Å². The molecule has 18 heavy (non-hydrogen) atoms. The molecule has 0 aromatic rings. The molecular formula is C15H28N2O. The van der Waals surface area contributed by atoms with E-state index >= 15 is 0 Å². The summed E-state index contributed by atoms with van der Waals surface area (Å²) in [7, 11) is 0. The molecule has 1 unspecified atom stereocenters. The zero-order chi connectivity index (χ0) is 12.8. The first-order valence-electron chi connectivity index (χ1n) is 7.80. The summed E-state index contributed by atoms with van der Waals surface area (Å²) in [4.78, 5) is 14.4. The zero-order valence-corrected chi connectivity index (χ0v) is 11.8. The predicted octanol–water partition coefficient (Wildman–Crippen LogP) is 2.56. The van der Waals surface area contributed by atoms with Gasteiger partial charge in [-0.25, -0.2) is 0 Å². The maximum atomic E-state index is 12.3. The summed E-state index contributed by atoms with van der Waals surface area (Å²) in [5.74, 6) is 1.08. The highest BCUT2D eigenvalue weighted by molar-refractivity contribution is 5.76. The number of carbonyl (C=O) groups is 1. The van der Waals surface area contributed by atoms with Crippen molar-refractivity contribution < 1.29 is 4.79 Å². The van der Waals surface area contributed by atoms with Crippen LogP contribution >= 0.6 is 0 Å². The van der Waals surface area contributed by atoms with Crippen molar-refractivity contribution in [1.82, 2.24) is 10.2 Å². The molecule has 1 N–H and O–H groups in total. The van der Waals surface area contributed by atoms with Crippen molar-refractivity contribution in [2.75, 3.05) is 19.6 Å². The lowest BCUT2D eigenvalue weighted by atomic mass is 9.86. The van der Waals surface area contributed by atoms with Gasteiger partial charge in [0, 0.05) is 25.6 Å². The van der Waals surface area contributed by atoms with E-state index in [-0.39, 0.29) is 0 Å². The van der Waals surface area contributed by atoms with Crippen LogP contribution in [0.25, 0.3) is 0 Å². The number of hydrogen-bond acceptors (Lipinski definition) is 2. The third kappa shape index (κ3) is 3.98. The molecule has 1 atom stereocenters. The molecule has 2 aliphatic rings. The Balaban J connectivity index is 1.76. The summed E-state index contributed by atoms with van der Waals surface area (Å²) in [5.41, 5.74) is 0. The highest BCUT2D eigenvalue weighted by atomic mass is 16.2. The van der Waals surface area contributed by atoms with Crippen molar-refractivity contribution in [2.45, 2.75) is 64.3 Å². The molecule has 1 saturated carbocycles. The van der Waals surface area contributed by atoms with Crippen molar-refractivity contribution in [1.29, 1.82) is 0 Å². The van der Waals surface area contributed by atoms with Crippen LogP contribution in [0.2, 0.25) is 0 Å². The monoisotopic (exact) mass is 252 g/mol. The highest BCUT2D eigenvalue weighted by Gasteiger charge is 2.25. The van der Waals surface area contributed by atoms with E-state index in [0.717, 1.165) is 32.5 Å². The topological polar surface area (TPSA) is 32.3 Å². The van der Waals surface area contributed by atoms with E-state index < -0.39 is 0 Å². The molecule has 1 aliphatic carbocycles. The Morgan fingerprint density at radius 3 is 2.67 bits per heavy atom. The van der Waals surface area contributed by atoms with Crippen molar-refractivity contribution in [3.63, 3.8) is 0 Å². The number of likely N-dealkylation sites (N-methyl/N-ethyl adjacent to an activating group) is 1. The van der Waals surface area contributed by atoms with Crippen LogP contribution in [0, 0.1) is 5.92 Å². The lowest BCUT2D eigenvalue weighted by Gasteiger charge is -2.34. The molecule has 3 nitrogen and oxygen atoms in total. The average Bonchev–Trinajstić information content (AvgIpc) is 2.40. The number of likely N-dealkylation sites (tertiary alicyclic amines) is 1. The van der Waals surface area contributed by atoms with Gasteiger partial charge >= 0.3 is 0 Å². The molecule has 1 aliphatic heterocycles. The summed E-state index contributed by atoms with van der Waals surface area (Å²) in [5, 5.41) is 3.48. The van der Waals surface area contributed by atoms with Gasteiger partial charge in [0.25, 0.3) is 0 Å². The van der Waals surface area contributed by atoms with Gasteiger partial charge in [0.05, 0.1) is 0 Å². The van der Waals surface area contributed by atoms with Gasteiger partial charge < -0.3 is 10.2 Å². The number of carbonyl (C=O) groups excluding carboxylic acids is 1. The van der Waals surface area contributed by atoms with Gasteiger partial charge in [-0.3, -0.25) is 4.79 Å². The molecule has 1 saturated heterocycles. The fourth-order valence-corrected chi connectivity index (χ4v) is 3.43. The quantitative estimate of drug-likeness (QED) is 0.834. The van der Waals surface area contributed by atoms with E-state index in [1.807, 2.05) is 0 Å². The van der Waals surface area contributed by atoms with Crippen LogP contribution in [0.1, 0.15) is 58.3 Å². The minimum Gasteiger partial charge on any atom is -0.341 e. The molecule has 3 heteroatoms. The van der Waals surface area contributed by atoms with Gasteiger partial charge in [-0.05, 0) is 38.1 Å². The van der Waals surface area contributed by atoms with Crippen LogP contribution in [0.4, 0.5) is 0 Å². The second-order valence-corrected chi connectivity index (χ2v) is 5.94. The lowest BCUT2D eigenvalue weighted by molar-refractivity contribution is -0.133. The first-order valence-corrected chi connectivity index (χ1v) is 7.80. The molecule has 0 spiro atoms. The van der Waals surface area contributed by atoms with Gasteiger partial charge in [0.2, 0.25) is 5.91 Å². The molecule has 1 heterocycles. The van der Waals surface area contributed by atoms with E-state index in [0.29, 0.717) is 17.9 Å². The number of hydrogen-bond donors (Lipinski definition) is 1. The Bertz CT molecular complexity index is 259. The summed E-state index contributed by atoms with van der Waals surface area (Å²) in [6, 6.07) is 0.527. The van der Waals surface area contributed by atoms with Gasteiger partial charge in [-0.15, -0.1) is 0 Å². The van der Waals surface area contributed by atoms with Crippen LogP contribution in [0.3, 0.4) is 0 Å². The number of piperidine rings is 1. The standard InChI is InChI=1S/C15H28N2O/c1-2-16-14-9-6-10-17(12-14)15(18)11-13-7-4-3-5-8-13/h13-14,16H,2-12H2,1H3. The van der Waals surface area contributed by atoms with Crippen molar-refractivity contribution >= 4 is 5.91 Å². The van der Waals surface area contributed by atoms with E-state index in [2.05, 4.69) is 17.1 Å². The fraction of sp³-hybridized carbons (Fsp3) is 0.933. The molecule has 0 bridgehead atoms. The van der Waals surface area contributed by atoms with Crippen molar-refractivity contribution in [2.24, 2.45) is 5.92 Å². The minimum absolute atomic E-state index is 0.407. The Morgan fingerprint density at radius 2 is 1.94 bits per heavy atom. The summed E-state index contributed by atoms with van der Waals surface area (Å²) in [6.07, 6.45) is 9.77. The molecule has 2 fully saturated rings. The normalized spacial score (nSPS) is 26.3. The molecule has 104 valence electrons. The Kier molecular flexibility index (Phi) is 5.48. The van der Waals surface area contributed by atoms with E-state index in [1.165, 1.54) is 38.5 Å². The number of nitrogens with one attached hydrogen (secondary N) is 1. The van der Waals surface area contributed by atoms with Crippen molar-refractivity contribution in [3.8, 4) is 0 Å². The largest absolute Gasteiger partial charge is 0.341 e. The summed E-state index contributed by atoms with van der Waals surface area (Å²) >= 11 is 0. The van der Waals surface area contributed by atoms with E-state index in [4.69, 9.17) is 0 Å². The van der Waals surface area contributed by atoms with E-state index in [9.17, 15) is 4.79 Å². The maximum Gasteiger partial charge on any atom is 0.222 e. The van der Waals surface area contributed by atoms with Crippen LogP contribution < -0.4 is 5.32 Å². The Hall–Kier alpha value is -0.570. The van der Waals surface area contributed by atoms with Crippen LogP contribution in [-0.4, -0.2) is 36.5 Å². The molecule has 0 aromatic heterocycles. The van der Waals surface area contributed by atoms with Gasteiger partial charge in [-0.2, -0.15) is 0 Å². The van der Waals surface area contributed by atoms with Crippen molar-refractivity contribution in [3.05, 3.63) is 0 Å². The fourth-order valence-electron chi connectivity index (χ4n) is 3.43. The summed E-state index contributed by atoms with van der Waals surface area (Å²) < 4.78 is 0. The third-order valence-electron chi connectivity index (χ3n) is 4.45. The molecular weight excluding hydrogens is 224 g/mol. The SMILES string of the molecule is CCNC1CCCN(C(=O)CC2CCCCC2)C1.